The van der Waals surface area contributed by atoms with Crippen molar-refractivity contribution < 1.29 is 4.79 Å². The molecule has 7 nitrogen and oxygen atoms in total. The van der Waals surface area contributed by atoms with E-state index < -0.39 is 0 Å². The summed E-state index contributed by atoms with van der Waals surface area (Å²) >= 11 is 0. The smallest absolute Gasteiger partial charge is 0.317 e. The topological polar surface area (TPSA) is 68.0 Å². The number of piperidine rings is 1. The fraction of sp³-hybridized carbons (Fsp3) is 0.476. The van der Waals surface area contributed by atoms with E-state index in [0.29, 0.717) is 19.1 Å². The summed E-state index contributed by atoms with van der Waals surface area (Å²) in [5.41, 5.74) is 3.18. The zero-order chi connectivity index (χ0) is 19.7. The van der Waals surface area contributed by atoms with Gasteiger partial charge >= 0.3 is 6.03 Å². The van der Waals surface area contributed by atoms with Crippen LogP contribution in [0, 0.1) is 0 Å². The number of benzene rings is 1. The highest BCUT2D eigenvalue weighted by molar-refractivity contribution is 5.76. The monoisotopic (exact) mass is 380 g/mol. The van der Waals surface area contributed by atoms with Crippen LogP contribution >= 0.6 is 0 Å². The van der Waals surface area contributed by atoms with Gasteiger partial charge in [-0.2, -0.15) is 5.10 Å². The number of para-hydroxylation sites is 2. The number of hydrogen-bond acceptors (Lipinski definition) is 3. The molecule has 0 spiro atoms. The molecule has 2 amide bonds. The highest BCUT2D eigenvalue weighted by atomic mass is 16.2. The van der Waals surface area contributed by atoms with Crippen molar-refractivity contribution in [3.8, 4) is 0 Å². The number of fused-ring (bicyclic) bond motifs is 1. The molecule has 0 bridgehead atoms. The average Bonchev–Trinajstić information content (AvgIpc) is 3.32. The van der Waals surface area contributed by atoms with Gasteiger partial charge in [-0.1, -0.05) is 12.1 Å². The second-order valence-corrected chi connectivity index (χ2v) is 7.88. The lowest BCUT2D eigenvalue weighted by molar-refractivity contribution is 0.177. The van der Waals surface area contributed by atoms with E-state index in [1.807, 2.05) is 40.2 Å². The van der Waals surface area contributed by atoms with Crippen LogP contribution in [0.3, 0.4) is 0 Å². The van der Waals surface area contributed by atoms with Crippen LogP contribution in [0.2, 0.25) is 0 Å². The van der Waals surface area contributed by atoms with E-state index in [9.17, 15) is 4.79 Å². The van der Waals surface area contributed by atoms with Crippen molar-refractivity contribution in [2.75, 3.05) is 13.1 Å². The summed E-state index contributed by atoms with van der Waals surface area (Å²) in [4.78, 5) is 19.5. The largest absolute Gasteiger partial charge is 0.334 e. The number of aromatic nitrogens is 4. The van der Waals surface area contributed by atoms with Crippen molar-refractivity contribution in [2.45, 2.75) is 45.2 Å². The SMILES string of the molecule is CC(C)n1cc(CNC(=O)N2CCC[C@H](c3nc4ccccc4n3C)C2)cn1. The lowest BCUT2D eigenvalue weighted by Crippen LogP contribution is -2.45. The predicted octanol–water partition coefficient (Wildman–Crippen LogP) is 3.44. The molecule has 3 heterocycles. The van der Waals surface area contributed by atoms with Gasteiger partial charge < -0.3 is 14.8 Å². The van der Waals surface area contributed by atoms with E-state index >= 15 is 0 Å². The van der Waals surface area contributed by atoms with Crippen molar-refractivity contribution >= 4 is 17.1 Å². The molecule has 7 heteroatoms. The number of carbonyl (C=O) groups excluding carboxylic acids is 1. The van der Waals surface area contributed by atoms with E-state index in [4.69, 9.17) is 4.98 Å². The molecule has 1 aliphatic heterocycles. The molecule has 0 saturated carbocycles. The van der Waals surface area contributed by atoms with E-state index in [-0.39, 0.29) is 11.9 Å². The van der Waals surface area contributed by atoms with E-state index in [2.05, 4.69) is 41.9 Å². The number of rotatable bonds is 4. The molecular weight excluding hydrogens is 352 g/mol. The molecule has 1 N–H and O–H groups in total. The van der Waals surface area contributed by atoms with Crippen LogP contribution in [-0.4, -0.2) is 43.4 Å². The summed E-state index contributed by atoms with van der Waals surface area (Å²) in [6, 6.07) is 8.50. The summed E-state index contributed by atoms with van der Waals surface area (Å²) < 4.78 is 4.08. The number of hydrogen-bond donors (Lipinski definition) is 1. The maximum Gasteiger partial charge on any atom is 0.317 e. The first-order chi connectivity index (χ1) is 13.5. The molecule has 0 aliphatic carbocycles. The first-order valence-corrected chi connectivity index (χ1v) is 10.00. The normalized spacial score (nSPS) is 17.4. The Kier molecular flexibility index (Phi) is 5.07. The highest BCUT2D eigenvalue weighted by Crippen LogP contribution is 2.28. The lowest BCUT2D eigenvalue weighted by atomic mass is 9.97. The third-order valence-corrected chi connectivity index (χ3v) is 5.52. The number of nitrogens with zero attached hydrogens (tertiary/aromatic N) is 5. The number of carbonyl (C=O) groups is 1. The maximum absolute atomic E-state index is 12.7. The molecule has 28 heavy (non-hydrogen) atoms. The third kappa shape index (κ3) is 3.61. The van der Waals surface area contributed by atoms with Crippen molar-refractivity contribution in [1.82, 2.24) is 29.5 Å². The number of aryl methyl sites for hydroxylation is 1. The molecule has 4 rings (SSSR count). The van der Waals surface area contributed by atoms with Crippen LogP contribution in [0.1, 0.15) is 50.0 Å². The van der Waals surface area contributed by atoms with Gasteiger partial charge in [0.1, 0.15) is 5.82 Å². The van der Waals surface area contributed by atoms with Crippen molar-refractivity contribution in [3.63, 3.8) is 0 Å². The minimum atomic E-state index is -0.0132. The molecule has 1 aromatic carbocycles. The molecule has 3 aromatic rings. The molecule has 0 radical (unpaired) electrons. The van der Waals surface area contributed by atoms with E-state index in [1.54, 1.807) is 0 Å². The lowest BCUT2D eigenvalue weighted by Gasteiger charge is -2.32. The zero-order valence-corrected chi connectivity index (χ0v) is 16.8. The number of nitrogens with one attached hydrogen (secondary N) is 1. The van der Waals surface area contributed by atoms with Crippen LogP contribution in [0.25, 0.3) is 11.0 Å². The minimum Gasteiger partial charge on any atom is -0.334 e. The van der Waals surface area contributed by atoms with Gasteiger partial charge in [0.05, 0.1) is 17.2 Å². The Morgan fingerprint density at radius 3 is 2.89 bits per heavy atom. The number of urea groups is 1. The zero-order valence-electron chi connectivity index (χ0n) is 16.8. The van der Waals surface area contributed by atoms with Gasteiger partial charge in [0.15, 0.2) is 0 Å². The maximum atomic E-state index is 12.7. The number of imidazole rings is 1. The quantitative estimate of drug-likeness (QED) is 0.754. The Morgan fingerprint density at radius 1 is 1.32 bits per heavy atom. The van der Waals surface area contributed by atoms with Crippen molar-refractivity contribution in [1.29, 1.82) is 0 Å². The minimum absolute atomic E-state index is 0.0132. The summed E-state index contributed by atoms with van der Waals surface area (Å²) in [6.07, 6.45) is 5.86. The molecule has 2 aromatic heterocycles. The molecule has 1 aliphatic rings. The van der Waals surface area contributed by atoms with Crippen LogP contribution < -0.4 is 5.32 Å². The first-order valence-electron chi connectivity index (χ1n) is 10.00. The molecule has 1 fully saturated rings. The predicted molar refractivity (Wildman–Crippen MR) is 109 cm³/mol. The molecule has 148 valence electrons. The highest BCUT2D eigenvalue weighted by Gasteiger charge is 2.27. The Morgan fingerprint density at radius 2 is 2.14 bits per heavy atom. The van der Waals surface area contributed by atoms with E-state index in [0.717, 1.165) is 41.8 Å². The number of likely N-dealkylation sites (tertiary alicyclic amines) is 1. The standard InChI is InChI=1S/C21H28N6O/c1-15(2)27-13-16(12-23-27)11-22-21(28)26-10-6-7-17(14-26)20-24-18-8-4-5-9-19(18)25(20)3/h4-5,8-9,12-13,15,17H,6-7,10-11,14H2,1-3H3,(H,22,28)/t17-/m0/s1. The van der Waals surface area contributed by atoms with Gasteiger partial charge in [0.2, 0.25) is 0 Å². The summed E-state index contributed by atoms with van der Waals surface area (Å²) in [6.45, 7) is 6.17. The van der Waals surface area contributed by atoms with Gasteiger partial charge in [0, 0.05) is 50.4 Å². The number of amides is 2. The fourth-order valence-corrected chi connectivity index (χ4v) is 3.94. The molecule has 0 unspecified atom stereocenters. The first kappa shape index (κ1) is 18.5. The van der Waals surface area contributed by atoms with Crippen LogP contribution in [0.4, 0.5) is 4.79 Å². The van der Waals surface area contributed by atoms with Gasteiger partial charge in [-0.15, -0.1) is 0 Å². The van der Waals surface area contributed by atoms with Gasteiger partial charge in [-0.3, -0.25) is 4.68 Å². The Labute approximate surface area is 165 Å². The van der Waals surface area contributed by atoms with Crippen molar-refractivity contribution in [2.24, 2.45) is 7.05 Å². The van der Waals surface area contributed by atoms with Gasteiger partial charge in [0.25, 0.3) is 0 Å². The second kappa shape index (κ2) is 7.66. The Balaban J connectivity index is 1.41. The summed E-state index contributed by atoms with van der Waals surface area (Å²) in [5, 5.41) is 7.37. The Bertz CT molecular complexity index is 972. The molecule has 1 atom stereocenters. The van der Waals surface area contributed by atoms with Crippen LogP contribution in [0.5, 0.6) is 0 Å². The van der Waals surface area contributed by atoms with Crippen LogP contribution in [-0.2, 0) is 13.6 Å². The molecule has 1 saturated heterocycles. The summed E-state index contributed by atoms with van der Waals surface area (Å²) in [7, 11) is 2.07. The van der Waals surface area contributed by atoms with Crippen LogP contribution in [0.15, 0.2) is 36.7 Å². The van der Waals surface area contributed by atoms with Gasteiger partial charge in [-0.25, -0.2) is 9.78 Å². The summed E-state index contributed by atoms with van der Waals surface area (Å²) in [5.74, 6) is 1.33. The second-order valence-electron chi connectivity index (χ2n) is 7.88. The van der Waals surface area contributed by atoms with E-state index in [1.165, 1.54) is 0 Å². The van der Waals surface area contributed by atoms with Crippen molar-refractivity contribution in [3.05, 3.63) is 48.0 Å². The van der Waals surface area contributed by atoms with Gasteiger partial charge in [-0.05, 0) is 38.8 Å². The Hall–Kier alpha value is -2.83. The fourth-order valence-electron chi connectivity index (χ4n) is 3.94. The molecular formula is C21H28N6O. The third-order valence-electron chi connectivity index (χ3n) is 5.52. The average molecular weight is 380 g/mol.